The van der Waals surface area contributed by atoms with Crippen LogP contribution in [0.4, 0.5) is 0 Å². The van der Waals surface area contributed by atoms with Gasteiger partial charge in [0, 0.05) is 25.6 Å². The number of esters is 1. The fourth-order valence-corrected chi connectivity index (χ4v) is 2.34. The maximum Gasteiger partial charge on any atom is 0.307 e. The lowest BCUT2D eigenvalue weighted by Crippen LogP contribution is -2.31. The lowest BCUT2D eigenvalue weighted by Gasteiger charge is -2.18. The Bertz CT molecular complexity index is 580. The van der Waals surface area contributed by atoms with E-state index in [2.05, 4.69) is 4.74 Å². The smallest absolute Gasteiger partial charge is 0.307 e. The minimum absolute atomic E-state index is 0.108. The Morgan fingerprint density at radius 2 is 2.23 bits per heavy atom. The summed E-state index contributed by atoms with van der Waals surface area (Å²) in [4.78, 5) is 24.9. The second-order valence-electron chi connectivity index (χ2n) is 5.04. The first-order valence-corrected chi connectivity index (χ1v) is 7.43. The highest BCUT2D eigenvalue weighted by molar-refractivity contribution is 5.92. The molecule has 5 heteroatoms. The van der Waals surface area contributed by atoms with E-state index in [0.29, 0.717) is 13.1 Å². The first kappa shape index (κ1) is 16.1. The summed E-state index contributed by atoms with van der Waals surface area (Å²) < 4.78 is 10.0. The van der Waals surface area contributed by atoms with Gasteiger partial charge in [-0.2, -0.15) is 0 Å². The largest absolute Gasteiger partial charge is 0.493 e. The Balaban J connectivity index is 1.95. The molecule has 2 rings (SSSR count). The van der Waals surface area contributed by atoms with Crippen LogP contribution in [0.25, 0.3) is 6.08 Å². The fraction of sp³-hybridized carbons (Fsp3) is 0.412. The molecule has 0 aromatic heterocycles. The Labute approximate surface area is 130 Å². The summed E-state index contributed by atoms with van der Waals surface area (Å²) >= 11 is 0. The van der Waals surface area contributed by atoms with Gasteiger partial charge >= 0.3 is 5.97 Å². The van der Waals surface area contributed by atoms with Gasteiger partial charge in [-0.05, 0) is 36.3 Å². The number of methoxy groups -OCH3 is 1. The molecule has 0 N–H and O–H groups in total. The van der Waals surface area contributed by atoms with E-state index in [0.717, 1.165) is 24.3 Å². The van der Waals surface area contributed by atoms with Crippen LogP contribution >= 0.6 is 0 Å². The highest BCUT2D eigenvalue weighted by Gasteiger charge is 2.12. The van der Waals surface area contributed by atoms with Crippen LogP contribution in [0.5, 0.6) is 5.75 Å². The second-order valence-corrected chi connectivity index (χ2v) is 5.04. The van der Waals surface area contributed by atoms with Gasteiger partial charge in [-0.15, -0.1) is 0 Å². The average molecular weight is 303 g/mol. The van der Waals surface area contributed by atoms with Crippen molar-refractivity contribution in [3.8, 4) is 5.75 Å². The molecule has 0 fully saturated rings. The van der Waals surface area contributed by atoms with Crippen LogP contribution in [0, 0.1) is 0 Å². The summed E-state index contributed by atoms with van der Waals surface area (Å²) in [5, 5.41) is 0. The molecule has 1 aromatic carbocycles. The highest BCUT2D eigenvalue weighted by atomic mass is 16.5. The van der Waals surface area contributed by atoms with Crippen molar-refractivity contribution in [3.05, 3.63) is 35.4 Å². The molecule has 0 aliphatic carbocycles. The lowest BCUT2D eigenvalue weighted by molar-refractivity contribution is -0.141. The molecule has 0 atom stereocenters. The highest BCUT2D eigenvalue weighted by Crippen LogP contribution is 2.26. The number of hydrogen-bond acceptors (Lipinski definition) is 4. The predicted molar refractivity (Wildman–Crippen MR) is 83.6 cm³/mol. The number of carbonyl (C=O) groups is 2. The van der Waals surface area contributed by atoms with Crippen LogP contribution in [-0.2, 0) is 20.7 Å². The summed E-state index contributed by atoms with van der Waals surface area (Å²) in [7, 11) is 1.35. The number of rotatable bonds is 6. The molecule has 1 aliphatic rings. The predicted octanol–water partition coefficient (Wildman–Crippen LogP) is 2.05. The van der Waals surface area contributed by atoms with Gasteiger partial charge in [0.1, 0.15) is 5.75 Å². The molecule has 1 aliphatic heterocycles. The van der Waals surface area contributed by atoms with Gasteiger partial charge < -0.3 is 14.4 Å². The van der Waals surface area contributed by atoms with Gasteiger partial charge in [-0.1, -0.05) is 6.07 Å². The van der Waals surface area contributed by atoms with Crippen molar-refractivity contribution in [3.63, 3.8) is 0 Å². The monoisotopic (exact) mass is 303 g/mol. The minimum Gasteiger partial charge on any atom is -0.493 e. The van der Waals surface area contributed by atoms with E-state index in [-0.39, 0.29) is 18.3 Å². The number of benzene rings is 1. The van der Waals surface area contributed by atoms with Crippen LogP contribution in [0.1, 0.15) is 24.5 Å². The number of fused-ring (bicyclic) bond motifs is 1. The molecule has 0 bridgehead atoms. The van der Waals surface area contributed by atoms with Crippen LogP contribution in [0.2, 0.25) is 0 Å². The first-order chi connectivity index (χ1) is 10.6. The molecule has 0 saturated carbocycles. The topological polar surface area (TPSA) is 55.8 Å². The van der Waals surface area contributed by atoms with Crippen molar-refractivity contribution >= 4 is 18.0 Å². The van der Waals surface area contributed by atoms with Crippen molar-refractivity contribution < 1.29 is 19.1 Å². The van der Waals surface area contributed by atoms with E-state index in [4.69, 9.17) is 4.74 Å². The van der Waals surface area contributed by atoms with Crippen LogP contribution < -0.4 is 4.74 Å². The summed E-state index contributed by atoms with van der Waals surface area (Å²) in [6.45, 7) is 3.52. The zero-order chi connectivity index (χ0) is 15.9. The number of carbonyl (C=O) groups excluding carboxylic acids is 2. The molecule has 1 amide bonds. The lowest BCUT2D eigenvalue weighted by atomic mass is 10.1. The summed E-state index contributed by atoms with van der Waals surface area (Å²) in [6.07, 6.45) is 4.45. The van der Waals surface area contributed by atoms with E-state index >= 15 is 0 Å². The van der Waals surface area contributed by atoms with Gasteiger partial charge in [0.05, 0.1) is 20.1 Å². The summed E-state index contributed by atoms with van der Waals surface area (Å²) in [5.41, 5.74) is 2.15. The van der Waals surface area contributed by atoms with Gasteiger partial charge in [0.2, 0.25) is 5.91 Å². The van der Waals surface area contributed by atoms with Crippen molar-refractivity contribution in [1.29, 1.82) is 0 Å². The number of likely N-dealkylation sites (N-methyl/N-ethyl adjacent to an activating group) is 1. The zero-order valence-corrected chi connectivity index (χ0v) is 13.0. The quantitative estimate of drug-likeness (QED) is 0.596. The molecule has 0 unspecified atom stereocenters. The Hall–Kier alpha value is -2.30. The zero-order valence-electron chi connectivity index (χ0n) is 13.0. The molecule has 0 saturated heterocycles. The normalized spacial score (nSPS) is 12.8. The third kappa shape index (κ3) is 4.10. The van der Waals surface area contributed by atoms with Crippen molar-refractivity contribution in [2.24, 2.45) is 0 Å². The average Bonchev–Trinajstić information content (AvgIpc) is 3.00. The molecule has 118 valence electrons. The molecular formula is C17H21NO4. The van der Waals surface area contributed by atoms with Crippen molar-refractivity contribution in [2.45, 2.75) is 19.8 Å². The molecule has 1 heterocycles. The Kier molecular flexibility index (Phi) is 5.58. The Morgan fingerprint density at radius 1 is 1.41 bits per heavy atom. The molecule has 5 nitrogen and oxygen atoms in total. The molecule has 22 heavy (non-hydrogen) atoms. The molecule has 0 radical (unpaired) electrons. The molecular weight excluding hydrogens is 282 g/mol. The molecule has 0 spiro atoms. The van der Waals surface area contributed by atoms with Crippen LogP contribution in [0.3, 0.4) is 0 Å². The first-order valence-electron chi connectivity index (χ1n) is 7.43. The van der Waals surface area contributed by atoms with E-state index < -0.39 is 0 Å². The summed E-state index contributed by atoms with van der Waals surface area (Å²) in [5.74, 6) is 0.508. The number of ether oxygens (including phenoxy) is 2. The Morgan fingerprint density at radius 3 is 2.95 bits per heavy atom. The number of nitrogens with zero attached hydrogens (tertiary/aromatic N) is 1. The van der Waals surface area contributed by atoms with E-state index in [1.54, 1.807) is 11.0 Å². The SMILES string of the molecule is CCN(CCC(=O)OC)C(=O)/C=C/c1ccc2c(c1)CCO2. The van der Waals surface area contributed by atoms with Crippen LogP contribution in [-0.4, -0.2) is 43.6 Å². The second kappa shape index (κ2) is 7.64. The minimum atomic E-state index is -0.311. The van der Waals surface area contributed by atoms with Crippen LogP contribution in [0.15, 0.2) is 24.3 Å². The van der Waals surface area contributed by atoms with E-state index in [1.165, 1.54) is 18.7 Å². The number of amides is 1. The van der Waals surface area contributed by atoms with Gasteiger partial charge in [0.25, 0.3) is 0 Å². The summed E-state index contributed by atoms with van der Waals surface area (Å²) in [6, 6.07) is 5.90. The van der Waals surface area contributed by atoms with E-state index in [9.17, 15) is 9.59 Å². The molecule has 1 aromatic rings. The van der Waals surface area contributed by atoms with E-state index in [1.807, 2.05) is 25.1 Å². The maximum atomic E-state index is 12.1. The number of hydrogen-bond donors (Lipinski definition) is 0. The third-order valence-corrected chi connectivity index (χ3v) is 3.64. The van der Waals surface area contributed by atoms with Gasteiger partial charge in [-0.25, -0.2) is 0 Å². The maximum absolute atomic E-state index is 12.1. The standard InChI is InChI=1S/C17H21NO4/c1-3-18(10-8-17(20)21-2)16(19)7-5-13-4-6-15-14(12-13)9-11-22-15/h4-7,12H,3,8-11H2,1-2H3/b7-5+. The van der Waals surface area contributed by atoms with Gasteiger partial charge in [0.15, 0.2) is 0 Å². The van der Waals surface area contributed by atoms with Crippen molar-refractivity contribution in [2.75, 3.05) is 26.8 Å². The van der Waals surface area contributed by atoms with Crippen molar-refractivity contribution in [1.82, 2.24) is 4.90 Å². The fourth-order valence-electron chi connectivity index (χ4n) is 2.34. The third-order valence-electron chi connectivity index (χ3n) is 3.64. The van der Waals surface area contributed by atoms with Gasteiger partial charge in [-0.3, -0.25) is 9.59 Å².